The lowest BCUT2D eigenvalue weighted by Crippen LogP contribution is -2.59. The molecule has 0 spiro atoms. The van der Waals surface area contributed by atoms with Gasteiger partial charge in [-0.25, -0.2) is 8.78 Å². The van der Waals surface area contributed by atoms with E-state index in [1.165, 1.54) is 0 Å². The molecular formula is C12H23F2N. The molecule has 2 unspecified atom stereocenters. The van der Waals surface area contributed by atoms with Crippen LogP contribution < -0.4 is 5.32 Å². The lowest BCUT2D eigenvalue weighted by Gasteiger charge is -2.46. The molecule has 0 aromatic carbocycles. The van der Waals surface area contributed by atoms with Crippen LogP contribution in [0, 0.1) is 11.8 Å². The first kappa shape index (κ1) is 12.9. The Kier molecular flexibility index (Phi) is 4.50. The fourth-order valence-electron chi connectivity index (χ4n) is 3.05. The topological polar surface area (TPSA) is 12.0 Å². The van der Waals surface area contributed by atoms with Gasteiger partial charge in [-0.2, -0.15) is 0 Å². The van der Waals surface area contributed by atoms with Crippen molar-refractivity contribution in [2.75, 3.05) is 6.54 Å². The molecule has 1 rings (SSSR count). The summed E-state index contributed by atoms with van der Waals surface area (Å²) < 4.78 is 26.6. The molecule has 2 atom stereocenters. The largest absolute Gasteiger partial charge is 0.306 e. The van der Waals surface area contributed by atoms with Crippen LogP contribution >= 0.6 is 0 Å². The summed E-state index contributed by atoms with van der Waals surface area (Å²) in [7, 11) is 0. The van der Waals surface area contributed by atoms with Crippen LogP contribution in [0.15, 0.2) is 0 Å². The molecule has 0 aliphatic heterocycles. The second-order valence-corrected chi connectivity index (χ2v) is 4.97. The molecule has 1 aliphatic rings. The van der Waals surface area contributed by atoms with Crippen LogP contribution in [0.25, 0.3) is 0 Å². The van der Waals surface area contributed by atoms with E-state index in [0.29, 0.717) is 18.9 Å². The quantitative estimate of drug-likeness (QED) is 0.763. The Balaban J connectivity index is 2.88. The highest BCUT2D eigenvalue weighted by Gasteiger charge is 2.48. The number of nitrogens with one attached hydrogen (secondary N) is 1. The number of hydrogen-bond acceptors (Lipinski definition) is 1. The lowest BCUT2D eigenvalue weighted by atomic mass is 9.68. The third kappa shape index (κ3) is 2.49. The molecule has 0 radical (unpaired) electrons. The van der Waals surface area contributed by atoms with Crippen molar-refractivity contribution >= 4 is 0 Å². The van der Waals surface area contributed by atoms with Crippen molar-refractivity contribution in [1.29, 1.82) is 0 Å². The second-order valence-electron chi connectivity index (χ2n) is 4.97. The molecule has 0 aromatic rings. The summed E-state index contributed by atoms with van der Waals surface area (Å²) in [6.07, 6.45) is 1.35. The van der Waals surface area contributed by atoms with Gasteiger partial charge in [0, 0.05) is 0 Å². The summed E-state index contributed by atoms with van der Waals surface area (Å²) in [5, 5.41) is 3.08. The minimum Gasteiger partial charge on any atom is -0.306 e. The zero-order chi connectivity index (χ0) is 11.5. The highest BCUT2D eigenvalue weighted by atomic mass is 19.3. The minimum absolute atomic E-state index is 0.117. The summed E-state index contributed by atoms with van der Waals surface area (Å²) in [5.41, 5.74) is -0.916. The standard InChI is InChI=1S/C12H23F2N/c1-4-15-12(11(13)14)8-6-5-7-10(12)9(2)3/h9-11,15H,4-8H2,1-3H3. The summed E-state index contributed by atoms with van der Waals surface area (Å²) >= 11 is 0. The number of hydrogen-bond donors (Lipinski definition) is 1. The first-order chi connectivity index (χ1) is 7.04. The van der Waals surface area contributed by atoms with Gasteiger partial charge in [0.15, 0.2) is 0 Å². The van der Waals surface area contributed by atoms with E-state index in [2.05, 4.69) is 19.2 Å². The third-order valence-electron chi connectivity index (χ3n) is 3.72. The van der Waals surface area contributed by atoms with Gasteiger partial charge in [0.2, 0.25) is 0 Å². The van der Waals surface area contributed by atoms with Gasteiger partial charge in [0.1, 0.15) is 0 Å². The minimum atomic E-state index is -2.25. The van der Waals surface area contributed by atoms with Gasteiger partial charge < -0.3 is 5.32 Å². The first-order valence-electron chi connectivity index (χ1n) is 6.07. The van der Waals surface area contributed by atoms with Gasteiger partial charge >= 0.3 is 0 Å². The van der Waals surface area contributed by atoms with Crippen molar-refractivity contribution in [2.45, 2.75) is 58.4 Å². The Hall–Kier alpha value is -0.180. The predicted molar refractivity (Wildman–Crippen MR) is 59.2 cm³/mol. The van der Waals surface area contributed by atoms with E-state index < -0.39 is 12.0 Å². The maximum atomic E-state index is 13.3. The fourth-order valence-corrected chi connectivity index (χ4v) is 3.05. The molecular weight excluding hydrogens is 196 g/mol. The van der Waals surface area contributed by atoms with Crippen LogP contribution in [-0.2, 0) is 0 Å². The van der Waals surface area contributed by atoms with Crippen LogP contribution in [0.1, 0.15) is 46.5 Å². The summed E-state index contributed by atoms with van der Waals surface area (Å²) in [5.74, 6) is 0.449. The van der Waals surface area contributed by atoms with Crippen molar-refractivity contribution in [2.24, 2.45) is 11.8 Å². The average Bonchev–Trinajstić information content (AvgIpc) is 2.18. The highest BCUT2D eigenvalue weighted by Crippen LogP contribution is 2.42. The van der Waals surface area contributed by atoms with Crippen LogP contribution in [0.3, 0.4) is 0 Å². The molecule has 0 amide bonds. The lowest BCUT2D eigenvalue weighted by molar-refractivity contribution is -0.0430. The van der Waals surface area contributed by atoms with E-state index in [9.17, 15) is 8.78 Å². The van der Waals surface area contributed by atoms with Crippen molar-refractivity contribution in [1.82, 2.24) is 5.32 Å². The summed E-state index contributed by atoms with van der Waals surface area (Å²) in [4.78, 5) is 0. The van der Waals surface area contributed by atoms with Gasteiger partial charge in [-0.3, -0.25) is 0 Å². The molecule has 0 bridgehead atoms. The zero-order valence-electron chi connectivity index (χ0n) is 10.0. The molecule has 90 valence electrons. The van der Waals surface area contributed by atoms with E-state index >= 15 is 0 Å². The number of halogens is 2. The van der Waals surface area contributed by atoms with E-state index in [0.717, 1.165) is 19.3 Å². The van der Waals surface area contributed by atoms with Crippen LogP contribution in [-0.4, -0.2) is 18.5 Å². The monoisotopic (exact) mass is 219 g/mol. The van der Waals surface area contributed by atoms with Gasteiger partial charge in [-0.05, 0) is 31.2 Å². The molecule has 1 aliphatic carbocycles. The smallest absolute Gasteiger partial charge is 0.256 e. The SMILES string of the molecule is CCNC1(C(F)F)CCCCC1C(C)C. The molecule has 1 saturated carbocycles. The Morgan fingerprint density at radius 1 is 1.33 bits per heavy atom. The van der Waals surface area contributed by atoms with Gasteiger partial charge in [0.25, 0.3) is 6.43 Å². The second kappa shape index (κ2) is 5.24. The zero-order valence-corrected chi connectivity index (χ0v) is 10.0. The Morgan fingerprint density at radius 2 is 2.00 bits per heavy atom. The molecule has 0 saturated heterocycles. The third-order valence-corrected chi connectivity index (χ3v) is 3.72. The van der Waals surface area contributed by atoms with E-state index in [-0.39, 0.29) is 5.92 Å². The van der Waals surface area contributed by atoms with Crippen LogP contribution in [0.4, 0.5) is 8.78 Å². The molecule has 15 heavy (non-hydrogen) atoms. The number of alkyl halides is 2. The molecule has 1 N–H and O–H groups in total. The highest BCUT2D eigenvalue weighted by molar-refractivity contribution is 5.00. The average molecular weight is 219 g/mol. The maximum absolute atomic E-state index is 13.3. The molecule has 1 nitrogen and oxygen atoms in total. The van der Waals surface area contributed by atoms with Crippen molar-refractivity contribution < 1.29 is 8.78 Å². The van der Waals surface area contributed by atoms with Gasteiger partial charge in [0.05, 0.1) is 5.54 Å². The maximum Gasteiger partial charge on any atom is 0.256 e. The van der Waals surface area contributed by atoms with E-state index in [1.807, 2.05) is 6.92 Å². The van der Waals surface area contributed by atoms with E-state index in [4.69, 9.17) is 0 Å². The Morgan fingerprint density at radius 3 is 2.47 bits per heavy atom. The Labute approximate surface area is 91.6 Å². The molecule has 0 aromatic heterocycles. The molecule has 3 heteroatoms. The summed E-state index contributed by atoms with van der Waals surface area (Å²) in [6.45, 7) is 6.67. The molecule has 1 fully saturated rings. The predicted octanol–water partition coefficient (Wildman–Crippen LogP) is 3.45. The van der Waals surface area contributed by atoms with Crippen molar-refractivity contribution in [3.63, 3.8) is 0 Å². The van der Waals surface area contributed by atoms with Crippen molar-refractivity contribution in [3.8, 4) is 0 Å². The Bertz CT molecular complexity index is 190. The van der Waals surface area contributed by atoms with Gasteiger partial charge in [-0.15, -0.1) is 0 Å². The van der Waals surface area contributed by atoms with Crippen LogP contribution in [0.2, 0.25) is 0 Å². The van der Waals surface area contributed by atoms with E-state index in [1.54, 1.807) is 0 Å². The normalized spacial score (nSPS) is 32.6. The van der Waals surface area contributed by atoms with Crippen molar-refractivity contribution in [3.05, 3.63) is 0 Å². The first-order valence-corrected chi connectivity index (χ1v) is 6.07. The fraction of sp³-hybridized carbons (Fsp3) is 1.00. The van der Waals surface area contributed by atoms with Crippen LogP contribution in [0.5, 0.6) is 0 Å². The summed E-state index contributed by atoms with van der Waals surface area (Å²) in [6, 6.07) is 0. The number of rotatable bonds is 4. The van der Waals surface area contributed by atoms with Gasteiger partial charge in [-0.1, -0.05) is 33.6 Å². The molecule has 0 heterocycles.